The van der Waals surface area contributed by atoms with Gasteiger partial charge in [-0.25, -0.2) is 0 Å². The molecule has 0 fully saturated rings. The molecule has 0 amide bonds. The van der Waals surface area contributed by atoms with Gasteiger partial charge in [0.05, 0.1) is 11.4 Å². The van der Waals surface area contributed by atoms with E-state index < -0.39 is 0 Å². The van der Waals surface area contributed by atoms with E-state index in [2.05, 4.69) is 275 Å². The van der Waals surface area contributed by atoms with Crippen LogP contribution in [-0.4, -0.2) is 6.71 Å². The van der Waals surface area contributed by atoms with E-state index in [1.807, 2.05) is 12.2 Å². The maximum absolute atomic E-state index is 4.25. The van der Waals surface area contributed by atoms with Crippen molar-refractivity contribution < 1.29 is 0 Å². The van der Waals surface area contributed by atoms with Gasteiger partial charge in [0.1, 0.15) is 0 Å². The fraction of sp³-hybridized carbons (Fsp3) is 0.343. The van der Waals surface area contributed by atoms with Crippen molar-refractivity contribution in [1.29, 1.82) is 0 Å². The number of nitrogens with zero attached hydrogens (tertiary/aromatic N) is 3. The first-order valence-electron chi connectivity index (χ1n) is 27.0. The molecule has 4 heteroatoms. The molecule has 2 aliphatic heterocycles. The zero-order valence-corrected chi connectivity index (χ0v) is 48.5. The lowest BCUT2D eigenvalue weighted by Gasteiger charge is -2.47. The van der Waals surface area contributed by atoms with Crippen LogP contribution in [0.2, 0.25) is 0 Å². The Morgan fingerprint density at radius 3 is 1.23 bits per heavy atom. The minimum absolute atomic E-state index is 0.0136. The van der Waals surface area contributed by atoms with Crippen LogP contribution in [-0.2, 0) is 27.1 Å². The van der Waals surface area contributed by atoms with Crippen molar-refractivity contribution in [2.75, 3.05) is 14.7 Å². The standard InChI is InChI=1S/C70H82BN3/c1-22-47-24-28-55(38-48(47)23-2)72(54-29-25-49(26-30-54)66(7,8)9)56-31-32-57-60(42-56)74(65-45(5)36-52(37-46(65)6)69(16,17)18)62-41-53(70(19,20)21)40-61-63(62)71(57)58-39-50(67(10,11)12)27-33-59(58)73(61)64-43(3)34-51(35-44(64)4)68(13,14)15/h22-42H,1-2H2,3-21H3. The van der Waals surface area contributed by atoms with Crippen LogP contribution in [0.4, 0.5) is 51.2 Å². The van der Waals surface area contributed by atoms with Crippen molar-refractivity contribution in [3.8, 4) is 0 Å². The molecule has 7 aromatic carbocycles. The molecule has 0 spiro atoms. The number of hydrogen-bond donors (Lipinski definition) is 0. The Morgan fingerprint density at radius 2 is 0.770 bits per heavy atom. The Kier molecular flexibility index (Phi) is 12.8. The molecule has 2 aliphatic rings. The summed E-state index contributed by atoms with van der Waals surface area (Å²) in [6.07, 6.45) is 3.87. The largest absolute Gasteiger partial charge is 0.311 e. The van der Waals surface area contributed by atoms with Crippen molar-refractivity contribution in [3.05, 3.63) is 190 Å². The summed E-state index contributed by atoms with van der Waals surface area (Å²) in [5.74, 6) is 0. The molecule has 9 rings (SSSR count). The molecular weight excluding hydrogens is 894 g/mol. The number of hydrogen-bond acceptors (Lipinski definition) is 3. The SMILES string of the molecule is C=Cc1ccc(N(c2ccc(C(C)(C)C)cc2)c2ccc3c(c2)N(c2c(C)cc(C(C)(C)C)cc2C)c2cc(C(C)(C)C)cc4c2B3c2cc(C(C)(C)C)ccc2N4c2c(C)cc(C(C)(C)C)cc2C)cc1C=C. The number of rotatable bonds is 7. The first-order valence-corrected chi connectivity index (χ1v) is 27.0. The third-order valence-electron chi connectivity index (χ3n) is 16.0. The minimum Gasteiger partial charge on any atom is -0.311 e. The van der Waals surface area contributed by atoms with Crippen LogP contribution < -0.4 is 31.1 Å². The van der Waals surface area contributed by atoms with Gasteiger partial charge in [0.15, 0.2) is 0 Å². The maximum Gasteiger partial charge on any atom is 0.252 e. The van der Waals surface area contributed by atoms with Gasteiger partial charge in [-0.2, -0.15) is 0 Å². The molecule has 0 aliphatic carbocycles. The third kappa shape index (κ3) is 9.15. The van der Waals surface area contributed by atoms with Gasteiger partial charge in [-0.05, 0) is 187 Å². The highest BCUT2D eigenvalue weighted by atomic mass is 15.2. The third-order valence-corrected chi connectivity index (χ3v) is 16.0. The van der Waals surface area contributed by atoms with Gasteiger partial charge < -0.3 is 14.7 Å². The van der Waals surface area contributed by atoms with Crippen molar-refractivity contribution >= 4 is 86.4 Å². The summed E-state index contributed by atoms with van der Waals surface area (Å²) in [5.41, 5.74) is 28.3. The first kappa shape index (κ1) is 52.4. The van der Waals surface area contributed by atoms with E-state index in [1.165, 1.54) is 101 Å². The second-order valence-electron chi connectivity index (χ2n) is 26.8. The Balaban J connectivity index is 1.43. The maximum atomic E-state index is 4.25. The van der Waals surface area contributed by atoms with Gasteiger partial charge in [0, 0.05) is 39.8 Å². The van der Waals surface area contributed by atoms with E-state index in [9.17, 15) is 0 Å². The van der Waals surface area contributed by atoms with Crippen molar-refractivity contribution in [2.24, 2.45) is 0 Å². The van der Waals surface area contributed by atoms with E-state index in [0.717, 1.165) is 28.2 Å². The Bertz CT molecular complexity index is 3340. The summed E-state index contributed by atoms with van der Waals surface area (Å²) in [7, 11) is 0. The van der Waals surface area contributed by atoms with E-state index in [-0.39, 0.29) is 33.8 Å². The summed E-state index contributed by atoms with van der Waals surface area (Å²) in [4.78, 5) is 7.74. The molecule has 0 bridgehead atoms. The summed E-state index contributed by atoms with van der Waals surface area (Å²) in [6.45, 7) is 52.6. The average Bonchev–Trinajstić information content (AvgIpc) is 3.30. The van der Waals surface area contributed by atoms with Crippen molar-refractivity contribution in [3.63, 3.8) is 0 Å². The van der Waals surface area contributed by atoms with Crippen LogP contribution >= 0.6 is 0 Å². The lowest BCUT2D eigenvalue weighted by molar-refractivity contribution is 0.589. The lowest BCUT2D eigenvalue weighted by atomic mass is 9.33. The second kappa shape index (κ2) is 18.1. The van der Waals surface area contributed by atoms with Gasteiger partial charge in [0.25, 0.3) is 6.71 Å². The smallest absolute Gasteiger partial charge is 0.252 e. The number of benzene rings is 7. The molecule has 0 unspecified atom stereocenters. The average molecular weight is 976 g/mol. The predicted molar refractivity (Wildman–Crippen MR) is 328 cm³/mol. The normalized spacial score (nSPS) is 13.6. The highest BCUT2D eigenvalue weighted by Gasteiger charge is 2.46. The van der Waals surface area contributed by atoms with Gasteiger partial charge in [-0.3, -0.25) is 0 Å². The Labute approximate surface area is 447 Å². The lowest BCUT2D eigenvalue weighted by Crippen LogP contribution is -2.61. The quantitative estimate of drug-likeness (QED) is 0.147. The van der Waals surface area contributed by atoms with Gasteiger partial charge in [-0.15, -0.1) is 0 Å². The molecular formula is C70H82BN3. The molecule has 2 heterocycles. The van der Waals surface area contributed by atoms with E-state index in [0.29, 0.717) is 0 Å². The van der Waals surface area contributed by atoms with E-state index >= 15 is 0 Å². The van der Waals surface area contributed by atoms with Gasteiger partial charge >= 0.3 is 0 Å². The van der Waals surface area contributed by atoms with Crippen LogP contribution in [0, 0.1) is 27.7 Å². The second-order valence-corrected chi connectivity index (χ2v) is 26.8. The molecule has 0 saturated heterocycles. The fourth-order valence-corrected chi connectivity index (χ4v) is 11.6. The summed E-state index contributed by atoms with van der Waals surface area (Å²) in [6, 6.07) is 45.4. The molecule has 0 atom stereocenters. The van der Waals surface area contributed by atoms with Crippen LogP contribution in [0.1, 0.15) is 165 Å². The van der Waals surface area contributed by atoms with Crippen LogP contribution in [0.3, 0.4) is 0 Å². The van der Waals surface area contributed by atoms with E-state index in [1.54, 1.807) is 0 Å². The van der Waals surface area contributed by atoms with E-state index in [4.69, 9.17) is 0 Å². The highest BCUT2D eigenvalue weighted by Crippen LogP contribution is 2.51. The molecule has 3 nitrogen and oxygen atoms in total. The summed E-state index contributed by atoms with van der Waals surface area (Å²) < 4.78 is 0. The highest BCUT2D eigenvalue weighted by molar-refractivity contribution is 7.00. The van der Waals surface area contributed by atoms with Gasteiger partial charge in [-0.1, -0.05) is 190 Å². The zero-order valence-electron chi connectivity index (χ0n) is 48.5. The van der Waals surface area contributed by atoms with Crippen LogP contribution in [0.5, 0.6) is 0 Å². The monoisotopic (exact) mass is 976 g/mol. The Hall–Kier alpha value is -6.52. The number of anilines is 9. The molecule has 380 valence electrons. The number of aryl methyl sites for hydroxylation is 4. The molecule has 74 heavy (non-hydrogen) atoms. The van der Waals surface area contributed by atoms with Crippen molar-refractivity contribution in [2.45, 2.75) is 159 Å². The first-order chi connectivity index (χ1) is 34.4. The number of fused-ring (bicyclic) bond motifs is 4. The molecule has 0 N–H and O–H groups in total. The molecule has 0 aromatic heterocycles. The molecule has 0 radical (unpaired) electrons. The minimum atomic E-state index is -0.159. The predicted octanol–water partition coefficient (Wildman–Crippen LogP) is 18.2. The topological polar surface area (TPSA) is 9.72 Å². The zero-order chi connectivity index (χ0) is 53.9. The summed E-state index contributed by atoms with van der Waals surface area (Å²) >= 11 is 0. The molecule has 7 aromatic rings. The fourth-order valence-electron chi connectivity index (χ4n) is 11.6. The molecule has 0 saturated carbocycles. The van der Waals surface area contributed by atoms with Gasteiger partial charge in [0.2, 0.25) is 0 Å². The summed E-state index contributed by atoms with van der Waals surface area (Å²) in [5, 5.41) is 0. The van der Waals surface area contributed by atoms with Crippen LogP contribution in [0.25, 0.3) is 12.2 Å². The Morgan fingerprint density at radius 1 is 0.365 bits per heavy atom. The van der Waals surface area contributed by atoms with Crippen molar-refractivity contribution in [1.82, 2.24) is 0 Å². The van der Waals surface area contributed by atoms with Crippen LogP contribution in [0.15, 0.2) is 128 Å².